The van der Waals surface area contributed by atoms with E-state index in [1.165, 1.54) is 19.1 Å². The number of hydrogen-bond donors (Lipinski definition) is 0. The molecule has 1 unspecified atom stereocenters. The van der Waals surface area contributed by atoms with Crippen molar-refractivity contribution in [3.05, 3.63) is 29.8 Å². The van der Waals surface area contributed by atoms with Crippen LogP contribution in [-0.2, 0) is 14.3 Å². The standard InChI is InChI=1S/C12H11F3O4/c1-7(16)18-10-5-3-9(4-6-10)11(12(13,14)15)19-8(2)17/h3-6,11H,1-2H3. The zero-order valence-electron chi connectivity index (χ0n) is 10.2. The Morgan fingerprint density at radius 3 is 1.95 bits per heavy atom. The van der Waals surface area contributed by atoms with E-state index >= 15 is 0 Å². The quantitative estimate of drug-likeness (QED) is 0.629. The highest BCUT2D eigenvalue weighted by Crippen LogP contribution is 2.36. The number of esters is 2. The van der Waals surface area contributed by atoms with Crippen LogP contribution in [0, 0.1) is 0 Å². The second-order valence-corrected chi connectivity index (χ2v) is 3.69. The van der Waals surface area contributed by atoms with Gasteiger partial charge >= 0.3 is 18.1 Å². The van der Waals surface area contributed by atoms with Gasteiger partial charge in [-0.3, -0.25) is 9.59 Å². The number of carbonyl (C=O) groups is 2. The van der Waals surface area contributed by atoms with Crippen molar-refractivity contribution in [1.82, 2.24) is 0 Å². The Kier molecular flexibility index (Phi) is 4.52. The molecule has 0 aromatic heterocycles. The number of halogens is 3. The van der Waals surface area contributed by atoms with Gasteiger partial charge in [0.15, 0.2) is 0 Å². The van der Waals surface area contributed by atoms with Gasteiger partial charge in [0.1, 0.15) is 5.75 Å². The second kappa shape index (κ2) is 5.73. The monoisotopic (exact) mass is 276 g/mol. The largest absolute Gasteiger partial charge is 0.448 e. The van der Waals surface area contributed by atoms with Gasteiger partial charge in [0.05, 0.1) is 0 Å². The molecule has 1 atom stereocenters. The molecule has 0 heterocycles. The van der Waals surface area contributed by atoms with E-state index in [1.54, 1.807) is 0 Å². The van der Waals surface area contributed by atoms with Gasteiger partial charge < -0.3 is 9.47 Å². The van der Waals surface area contributed by atoms with Crippen LogP contribution in [0.1, 0.15) is 25.5 Å². The summed E-state index contributed by atoms with van der Waals surface area (Å²) < 4.78 is 47.1. The van der Waals surface area contributed by atoms with Crippen LogP contribution in [0.4, 0.5) is 13.2 Å². The zero-order valence-corrected chi connectivity index (χ0v) is 10.2. The summed E-state index contributed by atoms with van der Waals surface area (Å²) in [6, 6.07) is 4.55. The summed E-state index contributed by atoms with van der Waals surface area (Å²) in [5.74, 6) is -1.51. The molecule has 0 saturated heterocycles. The van der Waals surface area contributed by atoms with Crippen LogP contribution < -0.4 is 4.74 Å². The number of rotatable bonds is 3. The minimum absolute atomic E-state index is 0.111. The van der Waals surface area contributed by atoms with Gasteiger partial charge in [-0.2, -0.15) is 13.2 Å². The second-order valence-electron chi connectivity index (χ2n) is 3.69. The van der Waals surface area contributed by atoms with Crippen LogP contribution in [-0.4, -0.2) is 18.1 Å². The molecular formula is C12H11F3O4. The lowest BCUT2D eigenvalue weighted by atomic mass is 10.1. The van der Waals surface area contributed by atoms with E-state index in [9.17, 15) is 22.8 Å². The van der Waals surface area contributed by atoms with Gasteiger partial charge in [0, 0.05) is 19.4 Å². The maximum atomic E-state index is 12.7. The molecule has 0 fully saturated rings. The van der Waals surface area contributed by atoms with Crippen LogP contribution in [0.15, 0.2) is 24.3 Å². The molecule has 7 heteroatoms. The Morgan fingerprint density at radius 1 is 1.05 bits per heavy atom. The molecule has 19 heavy (non-hydrogen) atoms. The zero-order chi connectivity index (χ0) is 14.6. The average molecular weight is 276 g/mol. The molecule has 0 aliphatic rings. The molecule has 0 aliphatic heterocycles. The Hall–Kier alpha value is -2.05. The fourth-order valence-corrected chi connectivity index (χ4v) is 1.37. The third kappa shape index (κ3) is 4.61. The number of benzene rings is 1. The Balaban J connectivity index is 2.97. The number of carbonyl (C=O) groups excluding carboxylic acids is 2. The summed E-state index contributed by atoms with van der Waals surface area (Å²) >= 11 is 0. The van der Waals surface area contributed by atoms with E-state index in [0.29, 0.717) is 0 Å². The van der Waals surface area contributed by atoms with Crippen molar-refractivity contribution in [2.75, 3.05) is 0 Å². The van der Waals surface area contributed by atoms with E-state index in [-0.39, 0.29) is 11.3 Å². The van der Waals surface area contributed by atoms with Crippen LogP contribution in [0.3, 0.4) is 0 Å². The molecule has 0 saturated carbocycles. The Morgan fingerprint density at radius 2 is 1.58 bits per heavy atom. The van der Waals surface area contributed by atoms with Crippen molar-refractivity contribution >= 4 is 11.9 Å². The highest BCUT2D eigenvalue weighted by atomic mass is 19.4. The molecule has 1 aromatic carbocycles. The van der Waals surface area contributed by atoms with Crippen molar-refractivity contribution in [3.8, 4) is 5.75 Å². The van der Waals surface area contributed by atoms with Crippen molar-refractivity contribution < 1.29 is 32.2 Å². The fraction of sp³-hybridized carbons (Fsp3) is 0.333. The summed E-state index contributed by atoms with van der Waals surface area (Å²) in [6.07, 6.45) is -7.05. The lowest BCUT2D eigenvalue weighted by molar-refractivity contribution is -0.222. The maximum absolute atomic E-state index is 12.7. The predicted octanol–water partition coefficient (Wildman–Crippen LogP) is 2.78. The molecular weight excluding hydrogens is 265 g/mol. The molecule has 0 aliphatic carbocycles. The topological polar surface area (TPSA) is 52.6 Å². The third-order valence-electron chi connectivity index (χ3n) is 2.03. The number of ether oxygens (including phenoxy) is 2. The highest BCUT2D eigenvalue weighted by Gasteiger charge is 2.43. The smallest absolute Gasteiger partial charge is 0.429 e. The van der Waals surface area contributed by atoms with Crippen molar-refractivity contribution in [2.45, 2.75) is 26.1 Å². The molecule has 0 radical (unpaired) electrons. The van der Waals surface area contributed by atoms with Crippen LogP contribution in [0.25, 0.3) is 0 Å². The lowest BCUT2D eigenvalue weighted by Gasteiger charge is -2.20. The maximum Gasteiger partial charge on any atom is 0.429 e. The van der Waals surface area contributed by atoms with Crippen LogP contribution in [0.5, 0.6) is 5.75 Å². The molecule has 0 spiro atoms. The highest BCUT2D eigenvalue weighted by molar-refractivity contribution is 5.69. The molecule has 1 aromatic rings. The molecule has 0 amide bonds. The lowest BCUT2D eigenvalue weighted by Crippen LogP contribution is -2.25. The third-order valence-corrected chi connectivity index (χ3v) is 2.03. The minimum Gasteiger partial charge on any atom is -0.448 e. The molecule has 104 valence electrons. The summed E-state index contributed by atoms with van der Waals surface area (Å²) in [7, 11) is 0. The van der Waals surface area contributed by atoms with Gasteiger partial charge in [-0.05, 0) is 12.1 Å². The first-order valence-electron chi connectivity index (χ1n) is 5.22. The predicted molar refractivity (Wildman–Crippen MR) is 58.3 cm³/mol. The van der Waals surface area contributed by atoms with Crippen molar-refractivity contribution in [3.63, 3.8) is 0 Å². The van der Waals surface area contributed by atoms with Crippen molar-refractivity contribution in [2.24, 2.45) is 0 Å². The van der Waals surface area contributed by atoms with E-state index in [4.69, 9.17) is 0 Å². The number of hydrogen-bond acceptors (Lipinski definition) is 4. The van der Waals surface area contributed by atoms with Crippen LogP contribution in [0.2, 0.25) is 0 Å². The van der Waals surface area contributed by atoms with Crippen LogP contribution >= 0.6 is 0 Å². The Bertz CT molecular complexity index is 465. The summed E-state index contributed by atoms with van der Waals surface area (Å²) in [5.41, 5.74) is -0.251. The molecule has 4 nitrogen and oxygen atoms in total. The van der Waals surface area contributed by atoms with Gasteiger partial charge in [0.25, 0.3) is 0 Å². The fourth-order valence-electron chi connectivity index (χ4n) is 1.37. The van der Waals surface area contributed by atoms with Gasteiger partial charge in [-0.1, -0.05) is 12.1 Å². The number of alkyl halides is 3. The van der Waals surface area contributed by atoms with Gasteiger partial charge in [0.2, 0.25) is 6.10 Å². The van der Waals surface area contributed by atoms with Gasteiger partial charge in [-0.25, -0.2) is 0 Å². The summed E-state index contributed by atoms with van der Waals surface area (Å²) in [4.78, 5) is 21.4. The molecule has 0 N–H and O–H groups in total. The SMILES string of the molecule is CC(=O)Oc1ccc(C(OC(C)=O)C(F)(F)F)cc1. The normalized spacial score (nSPS) is 12.7. The van der Waals surface area contributed by atoms with E-state index in [2.05, 4.69) is 9.47 Å². The Labute approximate surface area is 107 Å². The summed E-state index contributed by atoms with van der Waals surface area (Å²) in [5, 5.41) is 0. The van der Waals surface area contributed by atoms with Crippen molar-refractivity contribution in [1.29, 1.82) is 0 Å². The molecule has 0 bridgehead atoms. The minimum atomic E-state index is -4.71. The summed E-state index contributed by atoms with van der Waals surface area (Å²) in [6.45, 7) is 2.07. The molecule has 1 rings (SSSR count). The van der Waals surface area contributed by atoms with E-state index < -0.39 is 24.2 Å². The first kappa shape index (κ1) is 15.0. The first-order valence-corrected chi connectivity index (χ1v) is 5.22. The van der Waals surface area contributed by atoms with E-state index in [1.807, 2.05) is 0 Å². The average Bonchev–Trinajstić information content (AvgIpc) is 2.25. The van der Waals surface area contributed by atoms with Gasteiger partial charge in [-0.15, -0.1) is 0 Å². The first-order chi connectivity index (χ1) is 8.70. The van der Waals surface area contributed by atoms with E-state index in [0.717, 1.165) is 19.1 Å².